The molecule has 0 aromatic carbocycles. The zero-order valence-electron chi connectivity index (χ0n) is 29.0. The van der Waals surface area contributed by atoms with E-state index < -0.39 is 115 Å². The summed E-state index contributed by atoms with van der Waals surface area (Å²) in [7, 11) is 0. The molecule has 5 rings (SSSR count). The zero-order valence-corrected chi connectivity index (χ0v) is 29.0. The number of aliphatic carboxylic acids is 2. The Morgan fingerprint density at radius 3 is 1.62 bits per heavy atom. The van der Waals surface area contributed by atoms with Crippen LogP contribution in [0, 0.1) is 35.5 Å². The molecule has 9 N–H and O–H groups in total. The maximum absolute atomic E-state index is 14.2. The van der Waals surface area contributed by atoms with Crippen LogP contribution in [0.1, 0.15) is 83.5 Å². The lowest BCUT2D eigenvalue weighted by molar-refractivity contribution is -0.172. The van der Waals surface area contributed by atoms with Gasteiger partial charge >= 0.3 is 23.9 Å². The van der Waals surface area contributed by atoms with Crippen LogP contribution in [0.2, 0.25) is 0 Å². The molecule has 0 spiro atoms. The van der Waals surface area contributed by atoms with Crippen LogP contribution in [-0.4, -0.2) is 137 Å². The summed E-state index contributed by atoms with van der Waals surface area (Å²) in [6.07, 6.45) is -6.61. The molecule has 17 atom stereocenters. The normalized spacial score (nSPS) is 42.2. The summed E-state index contributed by atoms with van der Waals surface area (Å²) in [5.74, 6) is -8.26. The highest BCUT2D eigenvalue weighted by molar-refractivity contribution is 5.85. The number of hydrogen-bond donors (Lipinski definition) is 9. The van der Waals surface area contributed by atoms with E-state index in [1.807, 2.05) is 0 Å². The van der Waals surface area contributed by atoms with E-state index in [0.717, 1.165) is 6.08 Å². The minimum absolute atomic E-state index is 0.0600. The van der Waals surface area contributed by atoms with Gasteiger partial charge in [0.05, 0.1) is 60.9 Å². The van der Waals surface area contributed by atoms with Crippen LogP contribution in [0.25, 0.3) is 0 Å². The van der Waals surface area contributed by atoms with Crippen LogP contribution in [0.5, 0.6) is 0 Å². The first-order valence-corrected chi connectivity index (χ1v) is 18.6. The van der Waals surface area contributed by atoms with Gasteiger partial charge in [-0.15, -0.1) is 0 Å². The maximum atomic E-state index is 14.2. The van der Waals surface area contributed by atoms with E-state index in [1.165, 1.54) is 6.08 Å². The number of aliphatic hydroxyl groups excluding tert-OH is 7. The third-order valence-electron chi connectivity index (χ3n) is 12.1. The van der Waals surface area contributed by atoms with Gasteiger partial charge in [0, 0.05) is 12.0 Å². The molecule has 4 saturated carbocycles. The number of rotatable bonds is 12. The highest BCUT2D eigenvalue weighted by Gasteiger charge is 2.58. The summed E-state index contributed by atoms with van der Waals surface area (Å²) in [4.78, 5) is 51.5. The predicted molar refractivity (Wildman–Crippen MR) is 176 cm³/mol. The van der Waals surface area contributed by atoms with E-state index in [9.17, 15) is 65.1 Å². The van der Waals surface area contributed by atoms with Gasteiger partial charge < -0.3 is 60.2 Å². The number of hydrogen-bond acceptors (Lipinski definition) is 14. The van der Waals surface area contributed by atoms with Crippen molar-refractivity contribution in [3.8, 4) is 0 Å². The number of carbonyl (C=O) groups is 4. The number of allylic oxidation sites excluding steroid dienone is 1. The lowest BCUT2D eigenvalue weighted by atomic mass is 9.67. The fourth-order valence-electron chi connectivity index (χ4n) is 9.20. The molecule has 1 aliphatic heterocycles. The van der Waals surface area contributed by atoms with Gasteiger partial charge in [-0.25, -0.2) is 14.4 Å². The van der Waals surface area contributed by atoms with Gasteiger partial charge in [0.2, 0.25) is 0 Å². The molecular formula is C36H54O16. The van der Waals surface area contributed by atoms with Gasteiger partial charge in [0.15, 0.2) is 12.2 Å². The van der Waals surface area contributed by atoms with Crippen molar-refractivity contribution in [2.24, 2.45) is 35.5 Å². The smallest absolute Gasteiger partial charge is 0.345 e. The van der Waals surface area contributed by atoms with Crippen LogP contribution in [0.3, 0.4) is 0 Å². The Morgan fingerprint density at radius 1 is 0.596 bits per heavy atom. The molecule has 0 aromatic heterocycles. The number of fused-ring (bicyclic) bond motifs is 1. The van der Waals surface area contributed by atoms with E-state index >= 15 is 0 Å². The molecule has 5 aliphatic rings. The van der Waals surface area contributed by atoms with Crippen LogP contribution in [0.15, 0.2) is 12.2 Å². The van der Waals surface area contributed by atoms with Gasteiger partial charge in [-0.05, 0) is 107 Å². The fraction of sp³-hybridized carbons (Fsp3) is 0.833. The molecule has 4 aliphatic carbocycles. The first kappa shape index (κ1) is 40.5. The molecule has 17 unspecified atom stereocenters. The highest BCUT2D eigenvalue weighted by Crippen LogP contribution is 2.50. The Bertz CT molecular complexity index is 1290. The van der Waals surface area contributed by atoms with E-state index in [0.29, 0.717) is 19.3 Å². The molecule has 294 valence electrons. The van der Waals surface area contributed by atoms with Crippen LogP contribution >= 0.6 is 0 Å². The zero-order chi connectivity index (χ0) is 37.9. The number of carboxylic acid groups (broad SMARTS) is 2. The van der Waals surface area contributed by atoms with Gasteiger partial charge in [0.25, 0.3) is 0 Å². The molecule has 52 heavy (non-hydrogen) atoms. The Balaban J connectivity index is 1.34. The van der Waals surface area contributed by atoms with Crippen molar-refractivity contribution < 1.29 is 79.3 Å². The van der Waals surface area contributed by atoms with Gasteiger partial charge in [-0.3, -0.25) is 4.79 Å². The SMILES string of the molecule is O=C(/C=C\C1CCC(O)C2OC(C3CCC(O)C(O)C3)C(C(=O)OC(CC3CCC(O)C(O)C3)C(=O)O)C12)OC(CC1CCC(O)C(O)C1)C(=O)O. The Labute approximate surface area is 301 Å². The molecule has 0 aromatic rings. The molecule has 5 fully saturated rings. The Kier molecular flexibility index (Phi) is 13.7. The second-order valence-electron chi connectivity index (χ2n) is 15.7. The van der Waals surface area contributed by atoms with Crippen molar-refractivity contribution >= 4 is 23.9 Å². The Morgan fingerprint density at radius 2 is 1.10 bits per heavy atom. The second kappa shape index (κ2) is 17.6. The molecule has 0 radical (unpaired) electrons. The molecule has 16 nitrogen and oxygen atoms in total. The number of carbonyl (C=O) groups excluding carboxylic acids is 2. The van der Waals surface area contributed by atoms with Gasteiger partial charge in [0.1, 0.15) is 0 Å². The van der Waals surface area contributed by atoms with E-state index in [2.05, 4.69) is 0 Å². The monoisotopic (exact) mass is 742 g/mol. The third kappa shape index (κ3) is 9.69. The summed E-state index contributed by atoms with van der Waals surface area (Å²) >= 11 is 0. The molecule has 0 amide bonds. The maximum Gasteiger partial charge on any atom is 0.345 e. The third-order valence-corrected chi connectivity index (χ3v) is 12.1. The summed E-state index contributed by atoms with van der Waals surface area (Å²) in [6.45, 7) is 0. The molecule has 0 bridgehead atoms. The topological polar surface area (TPSA) is 278 Å². The quantitative estimate of drug-likeness (QED) is 0.0913. The van der Waals surface area contributed by atoms with Crippen LogP contribution in [-0.2, 0) is 33.4 Å². The van der Waals surface area contributed by atoms with Crippen molar-refractivity contribution in [2.45, 2.75) is 151 Å². The highest BCUT2D eigenvalue weighted by atomic mass is 16.6. The van der Waals surface area contributed by atoms with E-state index in [4.69, 9.17) is 14.2 Å². The van der Waals surface area contributed by atoms with Crippen molar-refractivity contribution in [2.75, 3.05) is 0 Å². The van der Waals surface area contributed by atoms with E-state index in [1.54, 1.807) is 0 Å². The number of esters is 2. The summed E-state index contributed by atoms with van der Waals surface area (Å²) in [5, 5.41) is 91.4. The predicted octanol–water partition coefficient (Wildman–Crippen LogP) is -0.348. The molecule has 1 heterocycles. The van der Waals surface area contributed by atoms with Crippen molar-refractivity contribution in [1.29, 1.82) is 0 Å². The summed E-state index contributed by atoms with van der Waals surface area (Å²) < 4.78 is 17.3. The minimum Gasteiger partial charge on any atom is -0.479 e. The first-order chi connectivity index (χ1) is 24.6. The lowest BCUT2D eigenvalue weighted by Crippen LogP contribution is -2.46. The van der Waals surface area contributed by atoms with Crippen LogP contribution in [0.4, 0.5) is 0 Å². The standard InChI is InChI=1S/C36H54O16/c37-20-6-1-16(11-24(20)41)13-27(34(45)46)50-29(44)10-5-18-3-9-23(40)33-30(18)31(32(52-33)19-4-8-22(39)26(43)15-19)36(49)51-28(35(47)48)14-17-2-7-21(38)25(42)12-17/h5,10,16-28,30-33,37-43H,1-4,6-9,11-15H2,(H,45,46)(H,47,48)/b10-5-. The largest absolute Gasteiger partial charge is 0.479 e. The Hall–Kier alpha value is -2.70. The van der Waals surface area contributed by atoms with Crippen molar-refractivity contribution in [3.63, 3.8) is 0 Å². The van der Waals surface area contributed by atoms with Crippen molar-refractivity contribution in [1.82, 2.24) is 0 Å². The van der Waals surface area contributed by atoms with Gasteiger partial charge in [-0.1, -0.05) is 6.08 Å². The average Bonchev–Trinajstić information content (AvgIpc) is 3.50. The number of carboxylic acids is 2. The van der Waals surface area contributed by atoms with Gasteiger partial charge in [-0.2, -0.15) is 0 Å². The molecule has 1 saturated heterocycles. The first-order valence-electron chi connectivity index (χ1n) is 18.6. The van der Waals surface area contributed by atoms with Crippen LogP contribution < -0.4 is 0 Å². The molecule has 16 heteroatoms. The van der Waals surface area contributed by atoms with Crippen molar-refractivity contribution in [3.05, 3.63) is 12.2 Å². The average molecular weight is 743 g/mol. The molecular weight excluding hydrogens is 688 g/mol. The number of ether oxygens (including phenoxy) is 3. The summed E-state index contributed by atoms with van der Waals surface area (Å²) in [5.41, 5.74) is 0. The lowest BCUT2D eigenvalue weighted by Gasteiger charge is -2.37. The summed E-state index contributed by atoms with van der Waals surface area (Å²) in [6, 6.07) is 0. The second-order valence-corrected chi connectivity index (χ2v) is 15.7. The number of aliphatic hydroxyl groups is 7. The van der Waals surface area contributed by atoms with E-state index in [-0.39, 0.29) is 76.0 Å². The minimum atomic E-state index is -1.59. The fourth-order valence-corrected chi connectivity index (χ4v) is 9.20.